The summed E-state index contributed by atoms with van der Waals surface area (Å²) in [5, 5.41) is 12.1. The minimum Gasteiger partial charge on any atom is -0.455 e. The van der Waals surface area contributed by atoms with E-state index in [1.807, 2.05) is 66.7 Å². The van der Waals surface area contributed by atoms with Gasteiger partial charge in [0, 0.05) is 11.1 Å². The molecule has 0 saturated heterocycles. The number of nitrogens with one attached hydrogen (secondary N) is 1. The fourth-order valence-corrected chi connectivity index (χ4v) is 2.92. The Morgan fingerprint density at radius 3 is 2.62 bits per heavy atom. The molecule has 2 aromatic heterocycles. The van der Waals surface area contributed by atoms with Crippen molar-refractivity contribution < 1.29 is 4.42 Å². The van der Waals surface area contributed by atoms with E-state index in [0.29, 0.717) is 27.1 Å². The van der Waals surface area contributed by atoms with Crippen LogP contribution in [-0.2, 0) is 0 Å². The molecule has 2 aromatic carbocycles. The zero-order chi connectivity index (χ0) is 17.9. The molecule has 4 rings (SSSR count). The third kappa shape index (κ3) is 3.24. The fraction of sp³-hybridized carbons (Fsp3) is 0. The van der Waals surface area contributed by atoms with Crippen LogP contribution in [0.5, 0.6) is 0 Å². The Hall–Kier alpha value is -2.96. The minimum atomic E-state index is 0.401. The third-order valence-corrected chi connectivity index (χ3v) is 4.34. The van der Waals surface area contributed by atoms with E-state index in [-0.39, 0.29) is 0 Å². The van der Waals surface area contributed by atoms with Crippen LogP contribution >= 0.6 is 23.8 Å². The van der Waals surface area contributed by atoms with Gasteiger partial charge in [-0.2, -0.15) is 14.9 Å². The van der Waals surface area contributed by atoms with Gasteiger partial charge in [-0.3, -0.25) is 0 Å². The molecule has 128 valence electrons. The highest BCUT2D eigenvalue weighted by Crippen LogP contribution is 2.28. The summed E-state index contributed by atoms with van der Waals surface area (Å²) in [4.78, 5) is 0. The summed E-state index contributed by atoms with van der Waals surface area (Å²) in [6, 6.07) is 20.9. The van der Waals surface area contributed by atoms with Crippen LogP contribution in [0, 0.1) is 4.77 Å². The van der Waals surface area contributed by atoms with Gasteiger partial charge in [-0.15, -0.1) is 0 Å². The number of aromatic nitrogens is 3. The summed E-state index contributed by atoms with van der Waals surface area (Å²) in [6.45, 7) is 0. The van der Waals surface area contributed by atoms with Crippen molar-refractivity contribution in [2.24, 2.45) is 5.10 Å². The van der Waals surface area contributed by atoms with Crippen molar-refractivity contribution in [3.63, 3.8) is 0 Å². The largest absolute Gasteiger partial charge is 0.455 e. The minimum absolute atomic E-state index is 0.401. The molecular weight excluding hydrogens is 368 g/mol. The average molecular weight is 381 g/mol. The summed E-state index contributed by atoms with van der Waals surface area (Å²) in [6.07, 6.45) is 1.60. The molecule has 0 radical (unpaired) electrons. The van der Waals surface area contributed by atoms with Crippen molar-refractivity contribution in [1.29, 1.82) is 0 Å². The first-order valence-electron chi connectivity index (χ1n) is 7.84. The molecule has 0 aliphatic heterocycles. The van der Waals surface area contributed by atoms with Gasteiger partial charge >= 0.3 is 0 Å². The monoisotopic (exact) mass is 380 g/mol. The van der Waals surface area contributed by atoms with Gasteiger partial charge in [0.2, 0.25) is 4.77 Å². The molecule has 0 fully saturated rings. The molecule has 5 nitrogen and oxygen atoms in total. The van der Waals surface area contributed by atoms with Crippen molar-refractivity contribution in [2.75, 3.05) is 0 Å². The van der Waals surface area contributed by atoms with Crippen molar-refractivity contribution in [1.82, 2.24) is 14.9 Å². The molecule has 0 amide bonds. The lowest BCUT2D eigenvalue weighted by molar-refractivity contribution is 0.574. The Labute approximate surface area is 159 Å². The zero-order valence-corrected chi connectivity index (χ0v) is 15.0. The summed E-state index contributed by atoms with van der Waals surface area (Å²) in [7, 11) is 0. The van der Waals surface area contributed by atoms with Gasteiger partial charge in [-0.1, -0.05) is 54.1 Å². The molecule has 0 saturated carbocycles. The standard InChI is InChI=1S/C19H13ClN4OS/c20-16-9-5-4-8-15(16)17-11-10-14(25-17)12-21-24-18(22-23-19(24)26)13-6-2-1-3-7-13/h1-12H,(H,23,26). The van der Waals surface area contributed by atoms with Crippen molar-refractivity contribution >= 4 is 30.0 Å². The van der Waals surface area contributed by atoms with E-state index in [1.165, 1.54) is 0 Å². The van der Waals surface area contributed by atoms with E-state index >= 15 is 0 Å². The number of benzene rings is 2. The Kier molecular flexibility index (Phi) is 4.51. The van der Waals surface area contributed by atoms with E-state index in [2.05, 4.69) is 15.3 Å². The molecule has 0 spiro atoms. The van der Waals surface area contributed by atoms with Gasteiger partial charge in [0.1, 0.15) is 11.5 Å². The first kappa shape index (κ1) is 16.5. The molecule has 0 atom stereocenters. The SMILES string of the molecule is S=c1[nH]nc(-c2ccccc2)n1N=Cc1ccc(-c2ccccc2Cl)o1. The summed E-state index contributed by atoms with van der Waals surface area (Å²) < 4.78 is 7.78. The molecular formula is C19H13ClN4OS. The molecule has 0 aliphatic rings. The predicted molar refractivity (Wildman–Crippen MR) is 105 cm³/mol. The highest BCUT2D eigenvalue weighted by Gasteiger charge is 2.09. The zero-order valence-electron chi connectivity index (χ0n) is 13.5. The van der Waals surface area contributed by atoms with Crippen LogP contribution in [0.15, 0.2) is 76.2 Å². The number of hydrogen-bond acceptors (Lipinski definition) is 4. The number of furan rings is 1. The van der Waals surface area contributed by atoms with Crippen LogP contribution in [0.4, 0.5) is 0 Å². The van der Waals surface area contributed by atoms with Gasteiger partial charge in [0.25, 0.3) is 0 Å². The van der Waals surface area contributed by atoms with Gasteiger partial charge in [0.05, 0.1) is 11.2 Å². The summed E-state index contributed by atoms with van der Waals surface area (Å²) in [5.41, 5.74) is 1.74. The normalized spacial score (nSPS) is 11.3. The second-order valence-electron chi connectivity index (χ2n) is 5.46. The first-order valence-corrected chi connectivity index (χ1v) is 8.63. The van der Waals surface area contributed by atoms with Gasteiger partial charge < -0.3 is 4.42 Å². The van der Waals surface area contributed by atoms with E-state index in [9.17, 15) is 0 Å². The maximum atomic E-state index is 6.21. The van der Waals surface area contributed by atoms with E-state index < -0.39 is 0 Å². The number of aromatic amines is 1. The Balaban J connectivity index is 1.65. The molecule has 7 heteroatoms. The Bertz CT molecular complexity index is 1130. The maximum absolute atomic E-state index is 6.21. The molecule has 2 heterocycles. The topological polar surface area (TPSA) is 59.1 Å². The van der Waals surface area contributed by atoms with E-state index in [1.54, 1.807) is 10.9 Å². The predicted octanol–water partition coefficient (Wildman–Crippen LogP) is 5.40. The van der Waals surface area contributed by atoms with Crippen molar-refractivity contribution in [2.45, 2.75) is 0 Å². The molecule has 1 N–H and O–H groups in total. The fourth-order valence-electron chi connectivity index (χ4n) is 2.52. The summed E-state index contributed by atoms with van der Waals surface area (Å²) >= 11 is 11.5. The van der Waals surface area contributed by atoms with Crippen molar-refractivity contribution in [3.05, 3.63) is 82.3 Å². The highest BCUT2D eigenvalue weighted by molar-refractivity contribution is 7.71. The smallest absolute Gasteiger partial charge is 0.216 e. The third-order valence-electron chi connectivity index (χ3n) is 3.75. The molecule has 0 aliphatic carbocycles. The van der Waals surface area contributed by atoms with Crippen LogP contribution < -0.4 is 0 Å². The van der Waals surface area contributed by atoms with Crippen molar-refractivity contribution in [3.8, 4) is 22.7 Å². The lowest BCUT2D eigenvalue weighted by Crippen LogP contribution is -1.94. The number of halogens is 1. The van der Waals surface area contributed by atoms with Crippen LogP contribution in [0.1, 0.15) is 5.76 Å². The summed E-state index contributed by atoms with van der Waals surface area (Å²) in [5.74, 6) is 1.89. The number of H-pyrrole nitrogens is 1. The molecule has 26 heavy (non-hydrogen) atoms. The van der Waals surface area contributed by atoms with E-state index in [0.717, 1.165) is 11.1 Å². The lowest BCUT2D eigenvalue weighted by atomic mass is 10.2. The first-order chi connectivity index (χ1) is 12.7. The number of rotatable bonds is 4. The van der Waals surface area contributed by atoms with Gasteiger partial charge in [-0.05, 0) is 36.5 Å². The average Bonchev–Trinajstić information content (AvgIpc) is 3.28. The second kappa shape index (κ2) is 7.11. The molecule has 4 aromatic rings. The molecule has 0 unspecified atom stereocenters. The van der Waals surface area contributed by atoms with Crippen LogP contribution in [-0.4, -0.2) is 21.1 Å². The quantitative estimate of drug-likeness (QED) is 0.380. The second-order valence-corrected chi connectivity index (χ2v) is 6.25. The van der Waals surface area contributed by atoms with Crippen LogP contribution in [0.25, 0.3) is 22.7 Å². The van der Waals surface area contributed by atoms with Crippen LogP contribution in [0.3, 0.4) is 0 Å². The van der Waals surface area contributed by atoms with Gasteiger partial charge in [-0.25, -0.2) is 5.10 Å². The maximum Gasteiger partial charge on any atom is 0.216 e. The van der Waals surface area contributed by atoms with Gasteiger partial charge in [0.15, 0.2) is 5.82 Å². The Morgan fingerprint density at radius 2 is 1.81 bits per heavy atom. The molecule has 0 bridgehead atoms. The van der Waals surface area contributed by atoms with Crippen LogP contribution in [0.2, 0.25) is 5.02 Å². The van der Waals surface area contributed by atoms with E-state index in [4.69, 9.17) is 28.2 Å². The Morgan fingerprint density at radius 1 is 1.04 bits per heavy atom. The number of hydrogen-bond donors (Lipinski definition) is 1. The highest BCUT2D eigenvalue weighted by atomic mass is 35.5. The number of nitrogens with zero attached hydrogens (tertiary/aromatic N) is 3. The lowest BCUT2D eigenvalue weighted by Gasteiger charge is -2.00.